The first kappa shape index (κ1) is 15.6. The van der Waals surface area contributed by atoms with Gasteiger partial charge in [0.1, 0.15) is 5.82 Å². The molecule has 0 spiro atoms. The molecule has 4 nitrogen and oxygen atoms in total. The first-order valence-electron chi connectivity index (χ1n) is 7.30. The van der Waals surface area contributed by atoms with Crippen molar-refractivity contribution in [1.29, 1.82) is 0 Å². The highest BCUT2D eigenvalue weighted by Crippen LogP contribution is 2.17. The molecule has 0 unspecified atom stereocenters. The third-order valence-corrected chi connectivity index (χ3v) is 3.90. The first-order valence-corrected chi connectivity index (χ1v) is 7.30. The molecule has 1 fully saturated rings. The Labute approximate surface area is 123 Å². The van der Waals surface area contributed by atoms with Gasteiger partial charge in [-0.2, -0.15) is 0 Å². The van der Waals surface area contributed by atoms with Crippen LogP contribution < -0.4 is 0 Å². The van der Waals surface area contributed by atoms with Crippen LogP contribution in [0.4, 0.5) is 4.39 Å². The molecule has 0 aliphatic carbocycles. The molecule has 1 saturated heterocycles. The van der Waals surface area contributed by atoms with Crippen LogP contribution in [-0.2, 0) is 4.79 Å². The second-order valence-corrected chi connectivity index (χ2v) is 5.51. The maximum Gasteiger partial charge on any atom is 0.307 e. The molecule has 5 heteroatoms. The molecular formula is C16H20FNO3. The number of aliphatic carboxylic acids is 1. The second kappa shape index (κ2) is 7.31. The predicted molar refractivity (Wildman–Crippen MR) is 76.8 cm³/mol. The average molecular weight is 293 g/mol. The molecule has 0 aromatic heterocycles. The van der Waals surface area contributed by atoms with Crippen molar-refractivity contribution in [3.8, 4) is 0 Å². The quantitative estimate of drug-likeness (QED) is 0.819. The Kier molecular flexibility index (Phi) is 5.44. The maximum absolute atomic E-state index is 12.8. The molecule has 0 bridgehead atoms. The van der Waals surface area contributed by atoms with Crippen LogP contribution in [0.1, 0.15) is 36.0 Å². The Morgan fingerprint density at radius 1 is 1.29 bits per heavy atom. The van der Waals surface area contributed by atoms with E-state index in [0.29, 0.717) is 24.9 Å². The summed E-state index contributed by atoms with van der Waals surface area (Å²) >= 11 is 0. The van der Waals surface area contributed by atoms with Gasteiger partial charge in [0.2, 0.25) is 0 Å². The number of carboxylic acids is 1. The SMILES string of the molecule is O=C(CCCN1CCC[C@@H](C(=O)O)C1)c1ccc(F)cc1. The molecule has 1 aliphatic heterocycles. The molecule has 0 amide bonds. The number of rotatable bonds is 6. The standard InChI is InChI=1S/C16H20FNO3/c17-14-7-5-12(6-8-14)15(19)4-2-10-18-9-1-3-13(11-18)16(20)21/h5-8,13H,1-4,9-11H2,(H,20,21)/t13-/m1/s1. The van der Waals surface area contributed by atoms with Gasteiger partial charge in [-0.25, -0.2) is 4.39 Å². The molecule has 21 heavy (non-hydrogen) atoms. The molecular weight excluding hydrogens is 273 g/mol. The van der Waals surface area contributed by atoms with Gasteiger partial charge in [0.25, 0.3) is 0 Å². The van der Waals surface area contributed by atoms with Gasteiger partial charge in [-0.15, -0.1) is 0 Å². The lowest BCUT2D eigenvalue weighted by molar-refractivity contribution is -0.143. The lowest BCUT2D eigenvalue weighted by Crippen LogP contribution is -2.39. The summed E-state index contributed by atoms with van der Waals surface area (Å²) in [6.45, 7) is 2.20. The van der Waals surface area contributed by atoms with E-state index in [0.717, 1.165) is 25.9 Å². The van der Waals surface area contributed by atoms with E-state index in [9.17, 15) is 14.0 Å². The molecule has 1 heterocycles. The third kappa shape index (κ3) is 4.63. The molecule has 114 valence electrons. The number of benzene rings is 1. The van der Waals surface area contributed by atoms with E-state index in [4.69, 9.17) is 5.11 Å². The summed E-state index contributed by atoms with van der Waals surface area (Å²) in [4.78, 5) is 25.0. The normalized spacial score (nSPS) is 19.4. The van der Waals surface area contributed by atoms with Crippen molar-refractivity contribution < 1.29 is 19.1 Å². The van der Waals surface area contributed by atoms with Crippen LogP contribution in [0.5, 0.6) is 0 Å². The lowest BCUT2D eigenvalue weighted by Gasteiger charge is -2.30. The van der Waals surface area contributed by atoms with Crippen LogP contribution >= 0.6 is 0 Å². The Morgan fingerprint density at radius 2 is 2.00 bits per heavy atom. The minimum Gasteiger partial charge on any atom is -0.481 e. The Balaban J connectivity index is 1.75. The van der Waals surface area contributed by atoms with Crippen LogP contribution in [0.15, 0.2) is 24.3 Å². The van der Waals surface area contributed by atoms with Crippen LogP contribution in [0, 0.1) is 11.7 Å². The van der Waals surface area contributed by atoms with Gasteiger partial charge in [0, 0.05) is 18.5 Å². The van der Waals surface area contributed by atoms with Crippen LogP contribution in [0.3, 0.4) is 0 Å². The molecule has 1 N–H and O–H groups in total. The van der Waals surface area contributed by atoms with Crippen molar-refractivity contribution in [2.75, 3.05) is 19.6 Å². The number of halogens is 1. The number of piperidine rings is 1. The van der Waals surface area contributed by atoms with Gasteiger partial charge < -0.3 is 10.0 Å². The topological polar surface area (TPSA) is 57.6 Å². The highest BCUT2D eigenvalue weighted by atomic mass is 19.1. The molecule has 0 saturated carbocycles. The number of ketones is 1. The van der Waals surface area contributed by atoms with E-state index < -0.39 is 5.97 Å². The van der Waals surface area contributed by atoms with E-state index in [2.05, 4.69) is 4.90 Å². The lowest BCUT2D eigenvalue weighted by atomic mass is 9.98. The molecule has 0 radical (unpaired) electrons. The van der Waals surface area contributed by atoms with E-state index in [-0.39, 0.29) is 17.5 Å². The zero-order valence-electron chi connectivity index (χ0n) is 11.9. The Morgan fingerprint density at radius 3 is 2.67 bits per heavy atom. The minimum absolute atomic E-state index is 0.00166. The van der Waals surface area contributed by atoms with Gasteiger partial charge in [0.05, 0.1) is 5.92 Å². The number of carbonyl (C=O) groups is 2. The van der Waals surface area contributed by atoms with Crippen molar-refractivity contribution in [1.82, 2.24) is 4.90 Å². The summed E-state index contributed by atoms with van der Waals surface area (Å²) in [6.07, 6.45) is 2.73. The van der Waals surface area contributed by atoms with E-state index in [1.165, 1.54) is 24.3 Å². The zero-order valence-corrected chi connectivity index (χ0v) is 11.9. The summed E-state index contributed by atoms with van der Waals surface area (Å²) < 4.78 is 12.8. The molecule has 1 aromatic rings. The molecule has 1 aromatic carbocycles. The van der Waals surface area contributed by atoms with Crippen molar-refractivity contribution >= 4 is 11.8 Å². The number of nitrogens with zero attached hydrogens (tertiary/aromatic N) is 1. The van der Waals surface area contributed by atoms with Crippen molar-refractivity contribution in [3.63, 3.8) is 0 Å². The monoisotopic (exact) mass is 293 g/mol. The van der Waals surface area contributed by atoms with Gasteiger partial charge in [-0.05, 0) is 56.6 Å². The largest absolute Gasteiger partial charge is 0.481 e. The van der Waals surface area contributed by atoms with Crippen LogP contribution in [0.25, 0.3) is 0 Å². The summed E-state index contributed by atoms with van der Waals surface area (Å²) in [5.74, 6) is -1.37. The molecule has 1 aliphatic rings. The number of carbonyl (C=O) groups excluding carboxylic acids is 1. The average Bonchev–Trinajstić information content (AvgIpc) is 2.48. The fraction of sp³-hybridized carbons (Fsp3) is 0.500. The first-order chi connectivity index (χ1) is 10.1. The van der Waals surface area contributed by atoms with Crippen molar-refractivity contribution in [2.45, 2.75) is 25.7 Å². The Bertz CT molecular complexity index is 501. The number of Topliss-reactive ketones (excluding diaryl/α,β-unsaturated/α-hetero) is 1. The van der Waals surface area contributed by atoms with E-state index in [1.807, 2.05) is 0 Å². The maximum atomic E-state index is 12.8. The highest BCUT2D eigenvalue weighted by molar-refractivity contribution is 5.95. The minimum atomic E-state index is -0.734. The van der Waals surface area contributed by atoms with Crippen LogP contribution in [-0.4, -0.2) is 41.4 Å². The smallest absolute Gasteiger partial charge is 0.307 e. The number of hydrogen-bond donors (Lipinski definition) is 1. The number of likely N-dealkylation sites (tertiary alicyclic amines) is 1. The van der Waals surface area contributed by atoms with E-state index >= 15 is 0 Å². The zero-order chi connectivity index (χ0) is 15.2. The predicted octanol–water partition coefficient (Wildman–Crippen LogP) is 2.59. The summed E-state index contributed by atoms with van der Waals surface area (Å²) in [5.41, 5.74) is 0.526. The summed E-state index contributed by atoms with van der Waals surface area (Å²) in [5, 5.41) is 9.03. The van der Waals surface area contributed by atoms with Gasteiger partial charge in [-0.3, -0.25) is 9.59 Å². The summed E-state index contributed by atoms with van der Waals surface area (Å²) in [7, 11) is 0. The van der Waals surface area contributed by atoms with Crippen molar-refractivity contribution in [2.24, 2.45) is 5.92 Å². The number of carboxylic acid groups (broad SMARTS) is 1. The highest BCUT2D eigenvalue weighted by Gasteiger charge is 2.24. The van der Waals surface area contributed by atoms with Crippen LogP contribution in [0.2, 0.25) is 0 Å². The second-order valence-electron chi connectivity index (χ2n) is 5.51. The van der Waals surface area contributed by atoms with Gasteiger partial charge >= 0.3 is 5.97 Å². The number of hydrogen-bond acceptors (Lipinski definition) is 3. The fourth-order valence-electron chi connectivity index (χ4n) is 2.70. The Hall–Kier alpha value is -1.75. The fourth-order valence-corrected chi connectivity index (χ4v) is 2.70. The van der Waals surface area contributed by atoms with Crippen molar-refractivity contribution in [3.05, 3.63) is 35.6 Å². The molecule has 1 atom stereocenters. The summed E-state index contributed by atoms with van der Waals surface area (Å²) in [6, 6.07) is 5.57. The molecule has 2 rings (SSSR count). The van der Waals surface area contributed by atoms with Gasteiger partial charge in [0.15, 0.2) is 5.78 Å². The third-order valence-electron chi connectivity index (χ3n) is 3.90. The van der Waals surface area contributed by atoms with Gasteiger partial charge in [-0.1, -0.05) is 0 Å². The van der Waals surface area contributed by atoms with E-state index in [1.54, 1.807) is 0 Å².